The van der Waals surface area contributed by atoms with E-state index in [1.54, 1.807) is 28.4 Å². The molecular formula is C31H58N2O5Si. The van der Waals surface area contributed by atoms with Crippen molar-refractivity contribution in [2.75, 3.05) is 41.5 Å². The number of carbonyl (C=O) groups excluding carboxylic acids is 1. The fourth-order valence-corrected chi connectivity index (χ4v) is 6.53. The Morgan fingerprint density at radius 3 is 1.77 bits per heavy atom. The molecule has 1 aromatic carbocycles. The number of nitrogens with one attached hydrogen (secondary N) is 2. The van der Waals surface area contributed by atoms with E-state index < -0.39 is 8.80 Å². The van der Waals surface area contributed by atoms with Gasteiger partial charge in [0.15, 0.2) is 0 Å². The molecule has 0 radical (unpaired) electrons. The maximum atomic E-state index is 12.5. The smallest absolute Gasteiger partial charge is 0.377 e. The zero-order valence-electron chi connectivity index (χ0n) is 25.7. The second-order valence-corrected chi connectivity index (χ2v) is 13.6. The summed E-state index contributed by atoms with van der Waals surface area (Å²) in [7, 11) is 4.03. The van der Waals surface area contributed by atoms with Gasteiger partial charge < -0.3 is 28.6 Å². The molecule has 0 bridgehead atoms. The van der Waals surface area contributed by atoms with Crippen LogP contribution in [0.15, 0.2) is 24.3 Å². The molecule has 1 rings (SSSR count). The number of amides is 1. The summed E-state index contributed by atoms with van der Waals surface area (Å²) in [5.74, 6) is -0.00507. The molecular weight excluding hydrogens is 508 g/mol. The molecule has 39 heavy (non-hydrogen) atoms. The zero-order valence-corrected chi connectivity index (χ0v) is 26.7. The monoisotopic (exact) mass is 566 g/mol. The van der Waals surface area contributed by atoms with Crippen molar-refractivity contribution in [1.29, 1.82) is 0 Å². The minimum Gasteiger partial charge on any atom is -0.377 e. The molecule has 0 aliphatic heterocycles. The molecule has 0 spiro atoms. The summed E-state index contributed by atoms with van der Waals surface area (Å²) in [6, 6.07) is 9.28. The van der Waals surface area contributed by atoms with Crippen molar-refractivity contribution in [3.05, 3.63) is 35.4 Å². The lowest BCUT2D eigenvalue weighted by atomic mass is 10.0. The van der Waals surface area contributed by atoms with E-state index in [0.29, 0.717) is 13.1 Å². The highest BCUT2D eigenvalue weighted by Gasteiger charge is 2.37. The van der Waals surface area contributed by atoms with Gasteiger partial charge >= 0.3 is 8.80 Å². The Balaban J connectivity index is 2.10. The second kappa shape index (κ2) is 23.4. The van der Waals surface area contributed by atoms with Crippen LogP contribution >= 0.6 is 0 Å². The molecule has 1 unspecified atom stereocenters. The molecule has 0 aliphatic carbocycles. The molecule has 1 amide bonds. The third-order valence-corrected chi connectivity index (χ3v) is 10.2. The van der Waals surface area contributed by atoms with Crippen LogP contribution < -0.4 is 10.6 Å². The number of unbranched alkanes of at least 4 members (excludes halogenated alkanes) is 11. The third-order valence-electron chi connectivity index (χ3n) is 7.50. The molecule has 0 fully saturated rings. The van der Waals surface area contributed by atoms with Gasteiger partial charge in [0, 0.05) is 54.1 Å². The van der Waals surface area contributed by atoms with Crippen LogP contribution in [0, 0.1) is 0 Å². The van der Waals surface area contributed by atoms with Crippen molar-refractivity contribution in [3.63, 3.8) is 0 Å². The fourth-order valence-electron chi connectivity index (χ4n) is 4.82. The summed E-state index contributed by atoms with van der Waals surface area (Å²) < 4.78 is 22.0. The predicted molar refractivity (Wildman–Crippen MR) is 163 cm³/mol. The normalized spacial score (nSPS) is 12.5. The lowest BCUT2D eigenvalue weighted by molar-refractivity contribution is -0.131. The second-order valence-electron chi connectivity index (χ2n) is 10.5. The van der Waals surface area contributed by atoms with E-state index in [4.69, 9.17) is 18.0 Å². The highest BCUT2D eigenvalue weighted by molar-refractivity contribution is 6.60. The van der Waals surface area contributed by atoms with Crippen LogP contribution in [0.5, 0.6) is 0 Å². The van der Waals surface area contributed by atoms with E-state index in [0.717, 1.165) is 31.9 Å². The molecule has 0 aromatic heterocycles. The number of methoxy groups -OCH3 is 1. The van der Waals surface area contributed by atoms with Crippen LogP contribution in [0.3, 0.4) is 0 Å². The summed E-state index contributed by atoms with van der Waals surface area (Å²) in [5.41, 5.74) is 2.44. The summed E-state index contributed by atoms with van der Waals surface area (Å²) in [5, 5.41) is 6.41. The maximum absolute atomic E-state index is 12.5. The van der Waals surface area contributed by atoms with Crippen molar-refractivity contribution < 1.29 is 22.8 Å². The number of benzene rings is 1. The van der Waals surface area contributed by atoms with Crippen LogP contribution in [0.1, 0.15) is 102 Å². The van der Waals surface area contributed by atoms with E-state index in [9.17, 15) is 4.79 Å². The summed E-state index contributed by atoms with van der Waals surface area (Å²) in [4.78, 5) is 12.5. The van der Waals surface area contributed by atoms with E-state index in [1.807, 2.05) is 0 Å². The Morgan fingerprint density at radius 1 is 0.744 bits per heavy atom. The molecule has 0 heterocycles. The molecule has 0 saturated heterocycles. The lowest BCUT2D eigenvalue weighted by Gasteiger charge is -2.24. The largest absolute Gasteiger partial charge is 0.500 e. The standard InChI is InChI=1S/C31H58N2O5Si/c1-6-7-8-9-10-11-12-13-14-15-16-17-18-30(35-2)31(34)33-25-24-32-27-29-21-19-28(20-22-29)23-26-39(36-3,37-4)38-5/h19-22,30,32H,6-18,23-27H2,1-5H3,(H,33,34). The first-order valence-electron chi connectivity index (χ1n) is 15.3. The van der Waals surface area contributed by atoms with Crippen molar-refractivity contribution in [2.45, 2.75) is 116 Å². The number of rotatable bonds is 26. The quantitative estimate of drug-likeness (QED) is 0.0995. The van der Waals surface area contributed by atoms with Crippen LogP contribution in [0.2, 0.25) is 6.04 Å². The van der Waals surface area contributed by atoms with Gasteiger partial charge in [-0.05, 0) is 24.0 Å². The Hall–Kier alpha value is -1.29. The molecule has 7 nitrogen and oxygen atoms in total. The van der Waals surface area contributed by atoms with Gasteiger partial charge in [0.1, 0.15) is 6.10 Å². The number of aryl methyl sites for hydroxylation is 1. The third kappa shape index (κ3) is 16.5. The van der Waals surface area contributed by atoms with Gasteiger partial charge in [-0.1, -0.05) is 108 Å². The molecule has 8 heteroatoms. The average Bonchev–Trinajstić information content (AvgIpc) is 2.97. The number of ether oxygens (including phenoxy) is 1. The van der Waals surface area contributed by atoms with Gasteiger partial charge in [-0.3, -0.25) is 4.79 Å². The Labute approximate surface area is 240 Å². The first-order chi connectivity index (χ1) is 19.0. The zero-order chi connectivity index (χ0) is 28.6. The average molecular weight is 567 g/mol. The van der Waals surface area contributed by atoms with Crippen molar-refractivity contribution in [3.8, 4) is 0 Å². The topological polar surface area (TPSA) is 78.1 Å². The number of carbonyl (C=O) groups is 1. The molecule has 0 aliphatic rings. The lowest BCUT2D eigenvalue weighted by Crippen LogP contribution is -2.43. The Morgan fingerprint density at radius 2 is 1.26 bits per heavy atom. The first kappa shape index (κ1) is 35.7. The summed E-state index contributed by atoms with van der Waals surface area (Å²) in [6.45, 7) is 4.33. The van der Waals surface area contributed by atoms with Gasteiger partial charge in [0.2, 0.25) is 5.91 Å². The van der Waals surface area contributed by atoms with Gasteiger partial charge in [0.25, 0.3) is 0 Å². The molecule has 1 atom stereocenters. The minimum atomic E-state index is -2.54. The van der Waals surface area contributed by atoms with Crippen LogP contribution in [0.25, 0.3) is 0 Å². The highest BCUT2D eigenvalue weighted by Crippen LogP contribution is 2.17. The summed E-state index contributed by atoms with van der Waals surface area (Å²) in [6.07, 6.45) is 17.1. The Bertz CT molecular complexity index is 707. The fraction of sp³-hybridized carbons (Fsp3) is 0.774. The van der Waals surface area contributed by atoms with E-state index in [2.05, 4.69) is 41.8 Å². The molecule has 0 saturated carbocycles. The van der Waals surface area contributed by atoms with Gasteiger partial charge in [0.05, 0.1) is 0 Å². The van der Waals surface area contributed by atoms with Gasteiger partial charge in [-0.25, -0.2) is 0 Å². The molecule has 2 N–H and O–H groups in total. The predicted octanol–water partition coefficient (Wildman–Crippen LogP) is 6.42. The van der Waals surface area contributed by atoms with Crippen LogP contribution in [-0.4, -0.2) is 62.3 Å². The number of hydrogen-bond acceptors (Lipinski definition) is 6. The van der Waals surface area contributed by atoms with Gasteiger partial charge in [-0.15, -0.1) is 0 Å². The first-order valence-corrected chi connectivity index (χ1v) is 17.2. The maximum Gasteiger partial charge on any atom is 0.500 e. The van der Waals surface area contributed by atoms with Crippen molar-refractivity contribution in [2.24, 2.45) is 0 Å². The SMILES string of the molecule is CCCCCCCCCCCCCCC(OC)C(=O)NCCNCc1ccc(CC[Si](OC)(OC)OC)cc1. The van der Waals surface area contributed by atoms with Crippen LogP contribution in [-0.2, 0) is 35.8 Å². The molecule has 1 aromatic rings. The summed E-state index contributed by atoms with van der Waals surface area (Å²) >= 11 is 0. The van der Waals surface area contributed by atoms with E-state index in [1.165, 1.54) is 81.8 Å². The number of hydrogen-bond donors (Lipinski definition) is 2. The van der Waals surface area contributed by atoms with E-state index >= 15 is 0 Å². The van der Waals surface area contributed by atoms with Crippen molar-refractivity contribution >= 4 is 14.7 Å². The Kier molecular flexibility index (Phi) is 21.5. The van der Waals surface area contributed by atoms with Crippen molar-refractivity contribution in [1.82, 2.24) is 10.6 Å². The van der Waals surface area contributed by atoms with Crippen LogP contribution in [0.4, 0.5) is 0 Å². The molecule has 226 valence electrons. The van der Waals surface area contributed by atoms with E-state index in [-0.39, 0.29) is 12.0 Å². The minimum absolute atomic E-state index is 0.00507. The van der Waals surface area contributed by atoms with Gasteiger partial charge in [-0.2, -0.15) is 0 Å². The highest BCUT2D eigenvalue weighted by atomic mass is 28.4.